The molecule has 1 aromatic rings. The first-order chi connectivity index (χ1) is 10.3. The molecule has 1 N–H and O–H groups in total. The van der Waals surface area contributed by atoms with Gasteiger partial charge in [0.1, 0.15) is 11.3 Å². The summed E-state index contributed by atoms with van der Waals surface area (Å²) < 4.78 is 5.31. The topological polar surface area (TPSA) is 82.7 Å². The van der Waals surface area contributed by atoms with Gasteiger partial charge in [0.2, 0.25) is 5.56 Å². The fourth-order valence-electron chi connectivity index (χ4n) is 2.16. The number of rotatable bonds is 1. The van der Waals surface area contributed by atoms with Gasteiger partial charge in [-0.1, -0.05) is 6.07 Å². The van der Waals surface area contributed by atoms with Crippen LogP contribution in [0.1, 0.15) is 31.3 Å². The van der Waals surface area contributed by atoms with E-state index in [1.54, 1.807) is 21.9 Å². The summed E-state index contributed by atoms with van der Waals surface area (Å²) in [6.07, 6.45) is -0.368. The van der Waals surface area contributed by atoms with Gasteiger partial charge >= 0.3 is 6.09 Å². The Balaban J connectivity index is 1.93. The lowest BCUT2D eigenvalue weighted by Crippen LogP contribution is -2.51. The average Bonchev–Trinajstić information content (AvgIpc) is 2.45. The molecule has 7 heteroatoms. The lowest BCUT2D eigenvalue weighted by molar-refractivity contribution is 0.0140. The molecule has 0 atom stereocenters. The number of piperazine rings is 1. The van der Waals surface area contributed by atoms with Crippen molar-refractivity contribution in [2.24, 2.45) is 0 Å². The van der Waals surface area contributed by atoms with E-state index in [0.717, 1.165) is 0 Å². The first-order valence-electron chi connectivity index (χ1n) is 7.23. The van der Waals surface area contributed by atoms with E-state index in [1.165, 1.54) is 6.07 Å². The standard InChI is InChI=1S/C15H21N3O4/c1-15(2,3)22-14(21)18-9-7-17(8-10-18)13(20)11-5-4-6-12(19)16-11/h4-6H,7-10H2,1-3H3,(H,16,19). The zero-order chi connectivity index (χ0) is 16.3. The van der Waals surface area contributed by atoms with Crippen molar-refractivity contribution in [2.45, 2.75) is 26.4 Å². The number of amides is 2. The fraction of sp³-hybridized carbons (Fsp3) is 0.533. The van der Waals surface area contributed by atoms with Crippen molar-refractivity contribution in [1.29, 1.82) is 0 Å². The molecule has 1 fully saturated rings. The van der Waals surface area contributed by atoms with Crippen molar-refractivity contribution in [3.63, 3.8) is 0 Å². The van der Waals surface area contributed by atoms with E-state index in [0.29, 0.717) is 26.2 Å². The molecule has 120 valence electrons. The van der Waals surface area contributed by atoms with E-state index in [9.17, 15) is 14.4 Å². The van der Waals surface area contributed by atoms with Gasteiger partial charge < -0.3 is 19.5 Å². The molecule has 1 aliphatic rings. The number of hydrogen-bond acceptors (Lipinski definition) is 4. The van der Waals surface area contributed by atoms with Gasteiger partial charge in [-0.3, -0.25) is 9.59 Å². The zero-order valence-electron chi connectivity index (χ0n) is 13.1. The molecule has 0 aliphatic carbocycles. The van der Waals surface area contributed by atoms with E-state index in [-0.39, 0.29) is 23.3 Å². The Morgan fingerprint density at radius 3 is 2.23 bits per heavy atom. The van der Waals surface area contributed by atoms with Gasteiger partial charge in [-0.15, -0.1) is 0 Å². The van der Waals surface area contributed by atoms with E-state index in [4.69, 9.17) is 4.74 Å². The zero-order valence-corrected chi connectivity index (χ0v) is 13.1. The van der Waals surface area contributed by atoms with Crippen LogP contribution in [0, 0.1) is 0 Å². The molecular weight excluding hydrogens is 286 g/mol. The monoisotopic (exact) mass is 307 g/mol. The number of aromatic nitrogens is 1. The predicted molar refractivity (Wildman–Crippen MR) is 80.8 cm³/mol. The molecule has 2 amide bonds. The Morgan fingerprint density at radius 2 is 1.68 bits per heavy atom. The second-order valence-corrected chi connectivity index (χ2v) is 6.19. The van der Waals surface area contributed by atoms with Crippen molar-refractivity contribution in [3.05, 3.63) is 34.2 Å². The van der Waals surface area contributed by atoms with E-state index < -0.39 is 5.60 Å². The molecular formula is C15H21N3O4. The fourth-order valence-corrected chi connectivity index (χ4v) is 2.16. The molecule has 0 radical (unpaired) electrons. The lowest BCUT2D eigenvalue weighted by atomic mass is 10.2. The molecule has 1 aliphatic heterocycles. The highest BCUT2D eigenvalue weighted by molar-refractivity contribution is 5.92. The minimum absolute atomic E-state index is 0.235. The number of pyridine rings is 1. The van der Waals surface area contributed by atoms with Gasteiger partial charge in [0.25, 0.3) is 5.91 Å². The minimum atomic E-state index is -0.534. The van der Waals surface area contributed by atoms with Crippen LogP contribution in [-0.4, -0.2) is 58.6 Å². The maximum Gasteiger partial charge on any atom is 0.410 e. The Bertz CT molecular complexity index is 610. The van der Waals surface area contributed by atoms with Gasteiger partial charge in [0.05, 0.1) is 0 Å². The molecule has 0 aromatic carbocycles. The summed E-state index contributed by atoms with van der Waals surface area (Å²) in [5, 5.41) is 0. The second-order valence-electron chi connectivity index (χ2n) is 6.19. The SMILES string of the molecule is CC(C)(C)OC(=O)N1CCN(C(=O)c2cccc(=O)[nH]2)CC1. The first kappa shape index (κ1) is 16.1. The second kappa shape index (κ2) is 6.21. The number of hydrogen-bond donors (Lipinski definition) is 1. The number of carbonyl (C=O) groups excluding carboxylic acids is 2. The van der Waals surface area contributed by atoms with Crippen LogP contribution in [-0.2, 0) is 4.74 Å². The molecule has 7 nitrogen and oxygen atoms in total. The van der Waals surface area contributed by atoms with Gasteiger partial charge in [0, 0.05) is 32.2 Å². The molecule has 0 spiro atoms. The summed E-state index contributed by atoms with van der Waals surface area (Å²) in [4.78, 5) is 41.2. The van der Waals surface area contributed by atoms with Gasteiger partial charge in [-0.05, 0) is 26.8 Å². The first-order valence-corrected chi connectivity index (χ1v) is 7.23. The number of H-pyrrole nitrogens is 1. The van der Waals surface area contributed by atoms with Crippen molar-refractivity contribution >= 4 is 12.0 Å². The van der Waals surface area contributed by atoms with Gasteiger partial charge in [-0.2, -0.15) is 0 Å². The quantitative estimate of drug-likeness (QED) is 0.841. The number of aromatic amines is 1. The summed E-state index contributed by atoms with van der Waals surface area (Å²) in [6, 6.07) is 4.48. The Morgan fingerprint density at radius 1 is 1.09 bits per heavy atom. The smallest absolute Gasteiger partial charge is 0.410 e. The van der Waals surface area contributed by atoms with Crippen molar-refractivity contribution < 1.29 is 14.3 Å². The third-order valence-electron chi connectivity index (χ3n) is 3.22. The van der Waals surface area contributed by atoms with Crippen LogP contribution in [0.25, 0.3) is 0 Å². The average molecular weight is 307 g/mol. The van der Waals surface area contributed by atoms with Crippen LogP contribution in [0.15, 0.2) is 23.0 Å². The normalized spacial score (nSPS) is 15.6. The van der Waals surface area contributed by atoms with Crippen molar-refractivity contribution in [2.75, 3.05) is 26.2 Å². The van der Waals surface area contributed by atoms with Crippen LogP contribution in [0.3, 0.4) is 0 Å². The van der Waals surface area contributed by atoms with Gasteiger partial charge in [0.15, 0.2) is 0 Å². The van der Waals surface area contributed by atoms with Crippen molar-refractivity contribution in [3.8, 4) is 0 Å². The molecule has 22 heavy (non-hydrogen) atoms. The highest BCUT2D eigenvalue weighted by Crippen LogP contribution is 2.12. The van der Waals surface area contributed by atoms with Crippen LogP contribution < -0.4 is 5.56 Å². The summed E-state index contributed by atoms with van der Waals surface area (Å²) in [5.41, 5.74) is -0.579. The molecule has 2 heterocycles. The molecule has 0 unspecified atom stereocenters. The number of nitrogens with zero attached hydrogens (tertiary/aromatic N) is 2. The Kier molecular flexibility index (Phi) is 4.54. The van der Waals surface area contributed by atoms with Gasteiger partial charge in [-0.25, -0.2) is 4.79 Å². The molecule has 1 aromatic heterocycles. The highest BCUT2D eigenvalue weighted by Gasteiger charge is 2.28. The molecule has 0 saturated carbocycles. The largest absolute Gasteiger partial charge is 0.444 e. The van der Waals surface area contributed by atoms with E-state index >= 15 is 0 Å². The molecule has 2 rings (SSSR count). The van der Waals surface area contributed by atoms with Crippen LogP contribution in [0.4, 0.5) is 4.79 Å². The lowest BCUT2D eigenvalue weighted by Gasteiger charge is -2.35. The maximum atomic E-state index is 12.3. The third kappa shape index (κ3) is 4.09. The highest BCUT2D eigenvalue weighted by atomic mass is 16.6. The number of ether oxygens (including phenoxy) is 1. The van der Waals surface area contributed by atoms with E-state index in [2.05, 4.69) is 4.98 Å². The Hall–Kier alpha value is -2.31. The number of carbonyl (C=O) groups is 2. The Labute approximate surface area is 128 Å². The summed E-state index contributed by atoms with van der Waals surface area (Å²) in [5.74, 6) is -0.235. The van der Waals surface area contributed by atoms with E-state index in [1.807, 2.05) is 20.8 Å². The summed E-state index contributed by atoms with van der Waals surface area (Å²) in [6.45, 7) is 7.10. The van der Waals surface area contributed by atoms with Crippen molar-refractivity contribution in [1.82, 2.24) is 14.8 Å². The van der Waals surface area contributed by atoms with Crippen LogP contribution in [0.2, 0.25) is 0 Å². The third-order valence-corrected chi connectivity index (χ3v) is 3.22. The van der Waals surface area contributed by atoms with Crippen LogP contribution >= 0.6 is 0 Å². The molecule has 0 bridgehead atoms. The molecule has 1 saturated heterocycles. The van der Waals surface area contributed by atoms with Crippen LogP contribution in [0.5, 0.6) is 0 Å². The summed E-state index contributed by atoms with van der Waals surface area (Å²) in [7, 11) is 0. The predicted octanol–water partition coefficient (Wildman–Crippen LogP) is 1.07. The minimum Gasteiger partial charge on any atom is -0.444 e. The number of nitrogens with one attached hydrogen (secondary N) is 1. The summed E-state index contributed by atoms with van der Waals surface area (Å²) >= 11 is 0. The maximum absolute atomic E-state index is 12.3.